The van der Waals surface area contributed by atoms with E-state index >= 15 is 0 Å². The lowest BCUT2D eigenvalue weighted by Crippen LogP contribution is -2.60. The van der Waals surface area contributed by atoms with Crippen molar-refractivity contribution < 1.29 is 81.0 Å². The number of carbonyl (C=O) groups is 6. The molecule has 9 atom stereocenters. The summed E-state index contributed by atoms with van der Waals surface area (Å²) in [4.78, 5) is 96.1. The summed E-state index contributed by atoms with van der Waals surface area (Å²) in [6.07, 6.45) is 3.66. The highest BCUT2D eigenvalue weighted by Gasteiger charge is 2.44. The third-order valence-electron chi connectivity index (χ3n) is 15.7. The number of likely N-dealkylation sites (N-methyl/N-ethyl adjacent to an activating group) is 2. The SMILES string of the molecule is CC[C@H](C)[C@@H]([C@@H](CC(=O)N1CCC[C@H]1[C@H](OC)[C@@H](C)C(=O)C[C@@H](Cc1ccccc1)c1nccs1)OC)N(C)C(=O)[C@@H](NC(=O)[C@H](C(C)C)N(C)C(=O)CCOCCOCCOCCOCCOCCOCCOCCOCCNC(=O)CON)C(C)C. The number of hydrogen-bond donors (Lipinski definition) is 3. The maximum absolute atomic E-state index is 14.7. The second kappa shape index (κ2) is 45.6. The first-order valence-corrected chi connectivity index (χ1v) is 32.1. The van der Waals surface area contributed by atoms with Gasteiger partial charge in [0.2, 0.25) is 29.5 Å². The van der Waals surface area contributed by atoms with E-state index in [1.54, 1.807) is 50.7 Å². The topological polar surface area (TPSA) is 277 Å². The van der Waals surface area contributed by atoms with Crippen molar-refractivity contribution in [2.45, 2.75) is 136 Å². The van der Waals surface area contributed by atoms with Gasteiger partial charge >= 0.3 is 0 Å². The molecule has 0 unspecified atom stereocenters. The number of likely N-dealkylation sites (tertiary alicyclic amines) is 1. The zero-order valence-corrected chi connectivity index (χ0v) is 55.3. The first-order valence-electron chi connectivity index (χ1n) is 31.3. The first kappa shape index (κ1) is 77.6. The summed E-state index contributed by atoms with van der Waals surface area (Å²) in [6, 6.07) is 7.41. The highest BCUT2D eigenvalue weighted by Crippen LogP contribution is 2.33. The van der Waals surface area contributed by atoms with Crippen LogP contribution in [0.5, 0.6) is 0 Å². The number of nitrogens with two attached hydrogens (primary N) is 1. The number of benzene rings is 1. The van der Waals surface area contributed by atoms with Crippen LogP contribution in [-0.2, 0) is 87.4 Å². The molecule has 2 heterocycles. The molecule has 88 heavy (non-hydrogen) atoms. The number of ether oxygens (including phenoxy) is 10. The number of ketones is 1. The Labute approximate surface area is 527 Å². The van der Waals surface area contributed by atoms with Gasteiger partial charge < -0.3 is 72.7 Å². The van der Waals surface area contributed by atoms with Crippen LogP contribution < -0.4 is 16.5 Å². The smallest absolute Gasteiger partial charge is 0.248 e. The molecule has 502 valence electrons. The number of hydrogen-bond acceptors (Lipinski definition) is 20. The van der Waals surface area contributed by atoms with Crippen molar-refractivity contribution in [1.82, 2.24) is 30.3 Å². The molecule has 25 heteroatoms. The quantitative estimate of drug-likeness (QED) is 0.0607. The van der Waals surface area contributed by atoms with Gasteiger partial charge in [-0.2, -0.15) is 0 Å². The Bertz CT molecular complexity index is 2220. The van der Waals surface area contributed by atoms with E-state index in [0.717, 1.165) is 17.0 Å². The number of nitrogens with zero attached hydrogens (tertiary/aromatic N) is 4. The monoisotopic (exact) mass is 1270 g/mol. The highest BCUT2D eigenvalue weighted by molar-refractivity contribution is 7.09. The van der Waals surface area contributed by atoms with Crippen molar-refractivity contribution in [3.8, 4) is 0 Å². The molecule has 0 aliphatic carbocycles. The summed E-state index contributed by atoms with van der Waals surface area (Å²) in [5, 5.41) is 8.45. The van der Waals surface area contributed by atoms with Crippen LogP contribution in [0.1, 0.15) is 103 Å². The predicted molar refractivity (Wildman–Crippen MR) is 333 cm³/mol. The van der Waals surface area contributed by atoms with Crippen LogP contribution in [0.4, 0.5) is 0 Å². The number of methoxy groups -OCH3 is 2. The molecule has 0 radical (unpaired) electrons. The average molecular weight is 1270 g/mol. The third kappa shape index (κ3) is 28.7. The van der Waals surface area contributed by atoms with Gasteiger partial charge in [-0.1, -0.05) is 85.2 Å². The molecule has 0 saturated carbocycles. The van der Waals surface area contributed by atoms with Gasteiger partial charge in [-0.3, -0.25) is 33.6 Å². The Morgan fingerprint density at radius 2 is 1.26 bits per heavy atom. The van der Waals surface area contributed by atoms with Crippen molar-refractivity contribution in [2.24, 2.45) is 29.6 Å². The molecule has 1 aromatic carbocycles. The number of carbonyl (C=O) groups excluding carboxylic acids is 6. The Kier molecular flexibility index (Phi) is 40.2. The van der Waals surface area contributed by atoms with Crippen LogP contribution in [0.15, 0.2) is 41.9 Å². The second-order valence-corrected chi connectivity index (χ2v) is 23.7. The standard InChI is InChI=1S/C63H107N7O17S/c1-12-47(6)59(53(77-10)43-56(74)70-23-16-19-51(70)60(78-11)48(7)52(71)42-50(62-66-22-40-88-62)41-49-17-14-13-15-18-49)69(9)63(76)57(45(2)3)67-61(75)58(46(4)5)68(8)55(73)20-24-79-26-28-81-30-32-83-34-36-85-38-39-86-37-35-84-33-31-82-29-27-80-25-21-65-54(72)44-87-64/h13-15,17-18,22,40,45-48,50-51,53,57-60H,12,16,19-21,23-39,41-44,64H2,1-11H3,(H,65,72)(H,67,75)/t47-,48-,50+,51-,53+,57-,58-,59-,60+/m0/s1. The van der Waals surface area contributed by atoms with Gasteiger partial charge in [-0.05, 0) is 42.6 Å². The fraction of sp³-hybridized carbons (Fsp3) is 0.762. The molecule has 4 N–H and O–H groups in total. The lowest BCUT2D eigenvalue weighted by atomic mass is 9.85. The maximum Gasteiger partial charge on any atom is 0.248 e. The lowest BCUT2D eigenvalue weighted by molar-refractivity contribution is -0.148. The van der Waals surface area contributed by atoms with E-state index in [9.17, 15) is 28.8 Å². The molecule has 5 amide bonds. The zero-order chi connectivity index (χ0) is 64.6. The molecular weight excluding hydrogens is 1160 g/mol. The molecule has 0 spiro atoms. The normalized spacial score (nSPS) is 16.2. The van der Waals surface area contributed by atoms with E-state index < -0.39 is 42.2 Å². The van der Waals surface area contributed by atoms with Crippen molar-refractivity contribution in [3.05, 3.63) is 52.5 Å². The number of nitrogens with one attached hydrogen (secondary N) is 2. The molecule has 0 bridgehead atoms. The minimum atomic E-state index is -0.948. The van der Waals surface area contributed by atoms with Crippen molar-refractivity contribution >= 4 is 46.7 Å². The molecule has 1 aromatic heterocycles. The van der Waals surface area contributed by atoms with Crippen LogP contribution >= 0.6 is 11.3 Å². The van der Waals surface area contributed by atoms with E-state index in [0.29, 0.717) is 131 Å². The van der Waals surface area contributed by atoms with E-state index in [-0.39, 0.29) is 91.8 Å². The Hall–Kier alpha value is -4.61. The Morgan fingerprint density at radius 3 is 1.74 bits per heavy atom. The van der Waals surface area contributed by atoms with Crippen LogP contribution in [0.3, 0.4) is 0 Å². The molecule has 24 nitrogen and oxygen atoms in total. The number of aromatic nitrogens is 1. The summed E-state index contributed by atoms with van der Waals surface area (Å²) in [5.41, 5.74) is 1.13. The van der Waals surface area contributed by atoms with Gasteiger partial charge in [0.25, 0.3) is 0 Å². The Balaban J connectivity index is 1.38. The largest absolute Gasteiger partial charge is 0.379 e. The van der Waals surface area contributed by atoms with Gasteiger partial charge in [-0.15, -0.1) is 11.3 Å². The molecular formula is C63H107N7O17S. The molecule has 1 saturated heterocycles. The van der Waals surface area contributed by atoms with Gasteiger partial charge in [0.05, 0.1) is 148 Å². The summed E-state index contributed by atoms with van der Waals surface area (Å²) >= 11 is 1.55. The average Bonchev–Trinajstić information content (AvgIpc) is 4.42. The predicted octanol–water partition coefficient (Wildman–Crippen LogP) is 4.50. The molecule has 3 rings (SSSR count). The van der Waals surface area contributed by atoms with Crippen molar-refractivity contribution in [2.75, 3.05) is 154 Å². The zero-order valence-electron chi connectivity index (χ0n) is 54.5. The van der Waals surface area contributed by atoms with Crippen molar-refractivity contribution in [1.29, 1.82) is 0 Å². The minimum Gasteiger partial charge on any atom is -0.379 e. The van der Waals surface area contributed by atoms with E-state index in [4.69, 9.17) is 53.3 Å². The van der Waals surface area contributed by atoms with Crippen LogP contribution in [0.25, 0.3) is 0 Å². The first-order chi connectivity index (χ1) is 42.4. The number of rotatable bonds is 51. The summed E-state index contributed by atoms with van der Waals surface area (Å²) in [6.45, 7) is 20.1. The van der Waals surface area contributed by atoms with Gasteiger partial charge in [-0.25, -0.2) is 10.9 Å². The second-order valence-electron chi connectivity index (χ2n) is 22.8. The third-order valence-corrected chi connectivity index (χ3v) is 16.7. The number of amides is 5. The van der Waals surface area contributed by atoms with E-state index in [1.807, 2.05) is 76.9 Å². The highest BCUT2D eigenvalue weighted by atomic mass is 32.1. The van der Waals surface area contributed by atoms with E-state index in [1.165, 1.54) is 4.90 Å². The number of thiazole rings is 1. The van der Waals surface area contributed by atoms with Crippen LogP contribution in [0.2, 0.25) is 0 Å². The van der Waals surface area contributed by atoms with Gasteiger partial charge in [0, 0.05) is 71.2 Å². The summed E-state index contributed by atoms with van der Waals surface area (Å²) in [5.74, 6) is 2.07. The fourth-order valence-corrected chi connectivity index (χ4v) is 11.5. The minimum absolute atomic E-state index is 0.0113. The van der Waals surface area contributed by atoms with E-state index in [2.05, 4.69) is 32.6 Å². The molecule has 1 aliphatic heterocycles. The lowest BCUT2D eigenvalue weighted by Gasteiger charge is -2.41. The Morgan fingerprint density at radius 1 is 0.716 bits per heavy atom. The maximum atomic E-state index is 14.7. The summed E-state index contributed by atoms with van der Waals surface area (Å²) in [7, 11) is 6.45. The molecule has 1 fully saturated rings. The van der Waals surface area contributed by atoms with Crippen LogP contribution in [-0.4, -0.2) is 245 Å². The van der Waals surface area contributed by atoms with Crippen molar-refractivity contribution in [3.63, 3.8) is 0 Å². The number of Topliss-reactive ketones (excluding diaryl/α,β-unsaturated/α-hetero) is 1. The molecule has 2 aromatic rings. The molecule has 1 aliphatic rings. The van der Waals surface area contributed by atoms with Gasteiger partial charge in [0.1, 0.15) is 24.5 Å². The summed E-state index contributed by atoms with van der Waals surface area (Å²) < 4.78 is 56.4. The fourth-order valence-electron chi connectivity index (χ4n) is 10.8. The van der Waals surface area contributed by atoms with Crippen LogP contribution in [0, 0.1) is 23.7 Å². The van der Waals surface area contributed by atoms with Gasteiger partial charge in [0.15, 0.2) is 0 Å².